The Hall–Kier alpha value is -1.64. The SMILES string of the molecule is COC(=O)/C=C/CC(C/C=C(\C)CC/C=C/I)(C(=O)OC)C(=O)OC. The van der Waals surface area contributed by atoms with Gasteiger partial charge in [-0.05, 0) is 36.7 Å². The minimum absolute atomic E-state index is 0.0289. The molecule has 140 valence electrons. The van der Waals surface area contributed by atoms with Crippen molar-refractivity contribution in [2.75, 3.05) is 21.3 Å². The van der Waals surface area contributed by atoms with Crippen LogP contribution in [0.4, 0.5) is 0 Å². The number of esters is 3. The maximum atomic E-state index is 12.3. The van der Waals surface area contributed by atoms with Crippen LogP contribution in [0.5, 0.6) is 0 Å². The lowest BCUT2D eigenvalue weighted by Crippen LogP contribution is -2.40. The second-order valence-corrected chi connectivity index (χ2v) is 6.07. The minimum Gasteiger partial charge on any atom is -0.468 e. The fraction of sp³-hybridized carbons (Fsp3) is 0.500. The van der Waals surface area contributed by atoms with Crippen LogP contribution in [0.1, 0.15) is 32.6 Å². The first-order valence-electron chi connectivity index (χ1n) is 7.70. The highest BCUT2D eigenvalue weighted by molar-refractivity contribution is 14.1. The molecule has 0 aliphatic rings. The number of methoxy groups -OCH3 is 3. The summed E-state index contributed by atoms with van der Waals surface area (Å²) in [6, 6.07) is 0. The van der Waals surface area contributed by atoms with E-state index in [1.807, 2.05) is 23.2 Å². The lowest BCUT2D eigenvalue weighted by atomic mass is 9.80. The molecular weight excluding hydrogens is 439 g/mol. The Morgan fingerprint density at radius 3 is 2.04 bits per heavy atom. The third-order valence-electron chi connectivity index (χ3n) is 3.67. The summed E-state index contributed by atoms with van der Waals surface area (Å²) in [6.45, 7) is 1.94. The van der Waals surface area contributed by atoms with Gasteiger partial charge in [-0.3, -0.25) is 9.59 Å². The smallest absolute Gasteiger partial charge is 0.330 e. The summed E-state index contributed by atoms with van der Waals surface area (Å²) < 4.78 is 16.1. The van der Waals surface area contributed by atoms with Gasteiger partial charge >= 0.3 is 17.9 Å². The number of ether oxygens (including phenoxy) is 3. The molecule has 0 aliphatic carbocycles. The standard InChI is InChI=1S/C18H25IO6/c1-14(8-5-6-13-19)10-12-18(16(21)24-3,17(22)25-4)11-7-9-15(20)23-2/h6-7,9-10,13H,5,8,11-12H2,1-4H3/b9-7+,13-6+,14-10+. The first kappa shape index (κ1) is 23.4. The molecule has 0 saturated carbocycles. The first-order valence-corrected chi connectivity index (χ1v) is 8.94. The van der Waals surface area contributed by atoms with Crippen molar-refractivity contribution in [2.24, 2.45) is 5.41 Å². The van der Waals surface area contributed by atoms with E-state index in [-0.39, 0.29) is 12.8 Å². The average Bonchev–Trinajstić information content (AvgIpc) is 2.63. The molecule has 0 unspecified atom stereocenters. The van der Waals surface area contributed by atoms with Gasteiger partial charge < -0.3 is 14.2 Å². The van der Waals surface area contributed by atoms with E-state index in [4.69, 9.17) is 9.47 Å². The second kappa shape index (κ2) is 12.7. The van der Waals surface area contributed by atoms with Crippen LogP contribution >= 0.6 is 22.6 Å². The molecule has 0 radical (unpaired) electrons. The maximum Gasteiger partial charge on any atom is 0.330 e. The number of carbonyl (C=O) groups excluding carboxylic acids is 3. The van der Waals surface area contributed by atoms with Crippen molar-refractivity contribution < 1.29 is 28.6 Å². The van der Waals surface area contributed by atoms with Gasteiger partial charge in [-0.1, -0.05) is 46.4 Å². The van der Waals surface area contributed by atoms with Crippen molar-refractivity contribution >= 4 is 40.5 Å². The summed E-state index contributed by atoms with van der Waals surface area (Å²) in [7, 11) is 3.68. The third-order valence-corrected chi connectivity index (χ3v) is 4.18. The quantitative estimate of drug-likeness (QED) is 0.123. The first-order chi connectivity index (χ1) is 11.9. The normalized spacial score (nSPS) is 12.4. The average molecular weight is 464 g/mol. The highest BCUT2D eigenvalue weighted by Crippen LogP contribution is 2.32. The van der Waals surface area contributed by atoms with Crippen LogP contribution in [0.15, 0.2) is 34.0 Å². The summed E-state index contributed by atoms with van der Waals surface area (Å²) in [5.74, 6) is -1.98. The van der Waals surface area contributed by atoms with E-state index < -0.39 is 23.3 Å². The molecule has 0 atom stereocenters. The van der Waals surface area contributed by atoms with E-state index in [9.17, 15) is 14.4 Å². The Kier molecular flexibility index (Phi) is 11.9. The third kappa shape index (κ3) is 7.85. The molecule has 7 heteroatoms. The number of rotatable bonds is 10. The van der Waals surface area contributed by atoms with Crippen molar-refractivity contribution in [1.82, 2.24) is 0 Å². The van der Waals surface area contributed by atoms with Gasteiger partial charge in [-0.25, -0.2) is 4.79 Å². The Labute approximate surface area is 162 Å². The van der Waals surface area contributed by atoms with Gasteiger partial charge in [0.1, 0.15) is 0 Å². The van der Waals surface area contributed by atoms with Crippen LogP contribution in [-0.4, -0.2) is 39.2 Å². The fourth-order valence-electron chi connectivity index (χ4n) is 2.14. The molecule has 0 aromatic carbocycles. The fourth-order valence-corrected chi connectivity index (χ4v) is 2.50. The molecule has 6 nitrogen and oxygen atoms in total. The van der Waals surface area contributed by atoms with Crippen LogP contribution in [0, 0.1) is 5.41 Å². The Morgan fingerprint density at radius 2 is 1.56 bits per heavy atom. The lowest BCUT2D eigenvalue weighted by molar-refractivity contribution is -0.168. The van der Waals surface area contributed by atoms with Gasteiger partial charge in [-0.15, -0.1) is 0 Å². The van der Waals surface area contributed by atoms with E-state index in [1.165, 1.54) is 33.5 Å². The van der Waals surface area contributed by atoms with E-state index in [0.29, 0.717) is 0 Å². The summed E-state index contributed by atoms with van der Waals surface area (Å²) in [5, 5.41) is 0. The van der Waals surface area contributed by atoms with Crippen molar-refractivity contribution in [3.63, 3.8) is 0 Å². The zero-order valence-electron chi connectivity index (χ0n) is 15.0. The zero-order valence-corrected chi connectivity index (χ0v) is 17.2. The largest absolute Gasteiger partial charge is 0.468 e. The molecule has 0 aromatic heterocycles. The van der Waals surface area contributed by atoms with E-state index in [0.717, 1.165) is 18.4 Å². The van der Waals surface area contributed by atoms with E-state index >= 15 is 0 Å². The number of carbonyl (C=O) groups is 3. The molecule has 25 heavy (non-hydrogen) atoms. The predicted molar refractivity (Wildman–Crippen MR) is 103 cm³/mol. The van der Waals surface area contributed by atoms with Gasteiger partial charge in [0.2, 0.25) is 0 Å². The second-order valence-electron chi connectivity index (χ2n) is 5.35. The van der Waals surface area contributed by atoms with Gasteiger partial charge in [-0.2, -0.15) is 0 Å². The van der Waals surface area contributed by atoms with Crippen LogP contribution in [0.25, 0.3) is 0 Å². The molecule has 0 aliphatic heterocycles. The number of halogens is 1. The van der Waals surface area contributed by atoms with E-state index in [2.05, 4.69) is 27.3 Å². The van der Waals surface area contributed by atoms with Crippen molar-refractivity contribution in [3.05, 3.63) is 34.0 Å². The molecule has 0 rings (SSSR count). The summed E-state index contributed by atoms with van der Waals surface area (Å²) in [5.41, 5.74) is -0.488. The number of allylic oxidation sites excluding steroid dienone is 4. The van der Waals surface area contributed by atoms with Crippen LogP contribution in [-0.2, 0) is 28.6 Å². The molecule has 0 amide bonds. The van der Waals surface area contributed by atoms with Crippen LogP contribution in [0.2, 0.25) is 0 Å². The predicted octanol–water partition coefficient (Wildman–Crippen LogP) is 3.50. The van der Waals surface area contributed by atoms with Gasteiger partial charge in [0.15, 0.2) is 5.41 Å². The number of hydrogen-bond donors (Lipinski definition) is 0. The summed E-state index contributed by atoms with van der Waals surface area (Å²) >= 11 is 2.15. The molecule has 0 spiro atoms. The Bertz CT molecular complexity index is 532. The Morgan fingerprint density at radius 1 is 0.960 bits per heavy atom. The van der Waals surface area contributed by atoms with Crippen LogP contribution in [0.3, 0.4) is 0 Å². The minimum atomic E-state index is -1.53. The van der Waals surface area contributed by atoms with Crippen molar-refractivity contribution in [3.8, 4) is 0 Å². The Balaban J connectivity index is 5.50. The van der Waals surface area contributed by atoms with Gasteiger partial charge in [0.05, 0.1) is 21.3 Å². The van der Waals surface area contributed by atoms with Crippen LogP contribution < -0.4 is 0 Å². The van der Waals surface area contributed by atoms with Gasteiger partial charge in [0.25, 0.3) is 0 Å². The highest BCUT2D eigenvalue weighted by Gasteiger charge is 2.46. The molecule has 0 bridgehead atoms. The summed E-state index contributed by atoms with van der Waals surface area (Å²) in [6.07, 6.45) is 8.24. The van der Waals surface area contributed by atoms with Crippen molar-refractivity contribution in [1.29, 1.82) is 0 Å². The van der Waals surface area contributed by atoms with Crippen molar-refractivity contribution in [2.45, 2.75) is 32.6 Å². The molecule has 0 heterocycles. The molecule has 0 N–H and O–H groups in total. The highest BCUT2D eigenvalue weighted by atomic mass is 127. The summed E-state index contributed by atoms with van der Waals surface area (Å²) in [4.78, 5) is 35.9. The molecular formula is C18H25IO6. The molecule has 0 fully saturated rings. The zero-order chi connectivity index (χ0) is 19.3. The molecule has 0 aromatic rings. The van der Waals surface area contributed by atoms with Gasteiger partial charge in [0, 0.05) is 6.08 Å². The lowest BCUT2D eigenvalue weighted by Gasteiger charge is -2.26. The monoisotopic (exact) mass is 464 g/mol. The maximum absolute atomic E-state index is 12.3. The van der Waals surface area contributed by atoms with E-state index in [1.54, 1.807) is 0 Å². The number of hydrogen-bond acceptors (Lipinski definition) is 6. The molecule has 0 saturated heterocycles. The topological polar surface area (TPSA) is 78.9 Å².